The Kier molecular flexibility index (Phi) is 4.99. The number of rotatable bonds is 3. The van der Waals surface area contributed by atoms with Crippen molar-refractivity contribution >= 4 is 38.8 Å². The van der Waals surface area contributed by atoms with Crippen LogP contribution in [0.15, 0.2) is 40.5 Å². The number of thiophene rings is 1. The third kappa shape index (κ3) is 3.21. The van der Waals surface area contributed by atoms with Gasteiger partial charge >= 0.3 is 0 Å². The Hall–Kier alpha value is -2.95. The molecular weight excluding hydrogens is 372 g/mol. The molecule has 1 fully saturated rings. The van der Waals surface area contributed by atoms with Crippen LogP contribution < -0.4 is 15.8 Å². The second kappa shape index (κ2) is 7.58. The van der Waals surface area contributed by atoms with Crippen molar-refractivity contribution in [3.63, 3.8) is 0 Å². The van der Waals surface area contributed by atoms with Gasteiger partial charge in [0.15, 0.2) is 0 Å². The number of benzene rings is 1. The summed E-state index contributed by atoms with van der Waals surface area (Å²) in [4.78, 5) is 30.6. The molecule has 3 heterocycles. The highest BCUT2D eigenvalue weighted by Crippen LogP contribution is 2.38. The minimum atomic E-state index is -0.477. The monoisotopic (exact) mass is 392 g/mol. The summed E-state index contributed by atoms with van der Waals surface area (Å²) in [5.41, 5.74) is 1.49. The second-order valence-corrected chi connectivity index (χ2v) is 7.91. The molecule has 0 bridgehead atoms. The number of piperidine rings is 1. The van der Waals surface area contributed by atoms with Crippen molar-refractivity contribution < 1.29 is 4.79 Å². The van der Waals surface area contributed by atoms with E-state index < -0.39 is 5.56 Å². The number of amides is 1. The van der Waals surface area contributed by atoms with E-state index in [-0.39, 0.29) is 17.4 Å². The van der Waals surface area contributed by atoms with E-state index in [2.05, 4.69) is 10.3 Å². The maximum absolute atomic E-state index is 13.6. The van der Waals surface area contributed by atoms with E-state index in [4.69, 9.17) is 0 Å². The Bertz CT molecular complexity index is 1120. The van der Waals surface area contributed by atoms with Gasteiger partial charge in [-0.3, -0.25) is 14.5 Å². The second-order valence-electron chi connectivity index (χ2n) is 6.99. The van der Waals surface area contributed by atoms with Gasteiger partial charge in [-0.05, 0) is 62.0 Å². The van der Waals surface area contributed by atoms with E-state index in [9.17, 15) is 14.9 Å². The summed E-state index contributed by atoms with van der Waals surface area (Å²) in [6.07, 6.45) is 1.48. The third-order valence-electron chi connectivity index (χ3n) is 5.11. The molecule has 2 aromatic heterocycles. The van der Waals surface area contributed by atoms with Crippen LogP contribution in [0.4, 0.5) is 10.7 Å². The standard InChI is InChI=1S/C21H20N4O2S/c1-13-4-5-15-17(11-13)24-20(26)16(12-22)19(15)25(18-3-2-10-28-18)21(27)14-6-8-23-9-7-14/h2-5,10-11,14,23H,6-9H2,1H3,(H,24,26). The van der Waals surface area contributed by atoms with Gasteiger partial charge in [0.1, 0.15) is 16.6 Å². The van der Waals surface area contributed by atoms with Gasteiger partial charge in [-0.15, -0.1) is 11.3 Å². The molecule has 4 rings (SSSR count). The number of nitrogens with one attached hydrogen (secondary N) is 2. The van der Waals surface area contributed by atoms with E-state index in [1.165, 1.54) is 11.3 Å². The van der Waals surface area contributed by atoms with Crippen LogP contribution >= 0.6 is 11.3 Å². The summed E-state index contributed by atoms with van der Waals surface area (Å²) in [5.74, 6) is -0.206. The van der Waals surface area contributed by atoms with Crippen molar-refractivity contribution in [2.45, 2.75) is 19.8 Å². The first kappa shape index (κ1) is 18.4. The highest BCUT2D eigenvalue weighted by Gasteiger charge is 2.32. The topological polar surface area (TPSA) is 89.0 Å². The molecule has 2 N–H and O–H groups in total. The van der Waals surface area contributed by atoms with Crippen molar-refractivity contribution in [1.29, 1.82) is 5.26 Å². The molecule has 0 aliphatic carbocycles. The van der Waals surface area contributed by atoms with Crippen molar-refractivity contribution in [1.82, 2.24) is 10.3 Å². The highest BCUT2D eigenvalue weighted by atomic mass is 32.1. The van der Waals surface area contributed by atoms with Crippen LogP contribution in [0.2, 0.25) is 0 Å². The van der Waals surface area contributed by atoms with Crippen molar-refractivity contribution in [2.24, 2.45) is 5.92 Å². The zero-order valence-electron chi connectivity index (χ0n) is 15.5. The summed E-state index contributed by atoms with van der Waals surface area (Å²) in [7, 11) is 0. The Morgan fingerprint density at radius 2 is 2.07 bits per heavy atom. The maximum Gasteiger partial charge on any atom is 0.268 e. The van der Waals surface area contributed by atoms with Gasteiger partial charge in [-0.1, -0.05) is 12.1 Å². The first-order valence-electron chi connectivity index (χ1n) is 9.25. The highest BCUT2D eigenvalue weighted by molar-refractivity contribution is 7.14. The molecule has 7 heteroatoms. The predicted molar refractivity (Wildman–Crippen MR) is 111 cm³/mol. The minimum Gasteiger partial charge on any atom is -0.321 e. The molecular formula is C21H20N4O2S. The number of aromatic nitrogens is 1. The van der Waals surface area contributed by atoms with E-state index in [1.807, 2.05) is 48.7 Å². The Morgan fingerprint density at radius 3 is 2.75 bits per heavy atom. The summed E-state index contributed by atoms with van der Waals surface area (Å²) in [6.45, 7) is 3.51. The fourth-order valence-electron chi connectivity index (χ4n) is 3.71. The normalized spacial score (nSPS) is 14.7. The van der Waals surface area contributed by atoms with Crippen LogP contribution in [0.3, 0.4) is 0 Å². The first-order valence-corrected chi connectivity index (χ1v) is 10.1. The minimum absolute atomic E-state index is 0.0352. The zero-order valence-corrected chi connectivity index (χ0v) is 16.3. The number of pyridine rings is 1. The van der Waals surface area contributed by atoms with Crippen molar-refractivity contribution in [2.75, 3.05) is 18.0 Å². The number of anilines is 2. The number of carbonyl (C=O) groups excluding carboxylic acids is 1. The predicted octanol–water partition coefficient (Wildman–Crippen LogP) is 3.43. The van der Waals surface area contributed by atoms with Crippen LogP contribution in [-0.2, 0) is 4.79 Å². The average Bonchev–Trinajstić information content (AvgIpc) is 3.22. The average molecular weight is 392 g/mol. The van der Waals surface area contributed by atoms with Gasteiger partial charge in [0.25, 0.3) is 5.56 Å². The maximum atomic E-state index is 13.6. The molecule has 0 unspecified atom stereocenters. The summed E-state index contributed by atoms with van der Waals surface area (Å²) in [6, 6.07) is 11.4. The number of fused-ring (bicyclic) bond motifs is 1. The molecule has 1 amide bonds. The van der Waals surface area contributed by atoms with E-state index in [0.29, 0.717) is 21.6 Å². The fraction of sp³-hybridized carbons (Fsp3) is 0.286. The first-order chi connectivity index (χ1) is 13.6. The zero-order chi connectivity index (χ0) is 19.7. The van der Waals surface area contributed by atoms with Crippen molar-refractivity contribution in [3.8, 4) is 6.07 Å². The Balaban J connectivity index is 1.98. The molecule has 1 aromatic carbocycles. The van der Waals surface area contributed by atoms with E-state index >= 15 is 0 Å². The van der Waals surface area contributed by atoms with Crippen LogP contribution in [0, 0.1) is 24.2 Å². The van der Waals surface area contributed by atoms with Crippen LogP contribution in [-0.4, -0.2) is 24.0 Å². The largest absolute Gasteiger partial charge is 0.321 e. The molecule has 1 saturated heterocycles. The number of aromatic amines is 1. The molecule has 28 heavy (non-hydrogen) atoms. The van der Waals surface area contributed by atoms with Crippen LogP contribution in [0.5, 0.6) is 0 Å². The summed E-state index contributed by atoms with van der Waals surface area (Å²) < 4.78 is 0. The van der Waals surface area contributed by atoms with Gasteiger partial charge in [0.2, 0.25) is 5.91 Å². The third-order valence-corrected chi connectivity index (χ3v) is 5.97. The van der Waals surface area contributed by atoms with Crippen molar-refractivity contribution in [3.05, 3.63) is 57.2 Å². The smallest absolute Gasteiger partial charge is 0.268 e. The van der Waals surface area contributed by atoms with E-state index in [1.54, 1.807) is 4.90 Å². The molecule has 142 valence electrons. The van der Waals surface area contributed by atoms with Gasteiger partial charge in [0, 0.05) is 11.3 Å². The quantitative estimate of drug-likeness (QED) is 0.715. The number of carbonyl (C=O) groups is 1. The van der Waals surface area contributed by atoms with Gasteiger partial charge in [-0.2, -0.15) is 5.26 Å². The van der Waals surface area contributed by atoms with Crippen LogP contribution in [0.1, 0.15) is 24.0 Å². The van der Waals surface area contributed by atoms with Gasteiger partial charge in [-0.25, -0.2) is 0 Å². The molecule has 0 saturated carbocycles. The lowest BCUT2D eigenvalue weighted by Crippen LogP contribution is -2.39. The summed E-state index contributed by atoms with van der Waals surface area (Å²) in [5, 5.41) is 16.3. The molecule has 0 atom stereocenters. The molecule has 3 aromatic rings. The number of nitriles is 1. The lowest BCUT2D eigenvalue weighted by molar-refractivity contribution is -0.122. The lowest BCUT2D eigenvalue weighted by Gasteiger charge is -2.30. The molecule has 0 radical (unpaired) electrons. The molecule has 1 aliphatic heterocycles. The number of H-pyrrole nitrogens is 1. The Morgan fingerprint density at radius 1 is 1.29 bits per heavy atom. The molecule has 1 aliphatic rings. The summed E-state index contributed by atoms with van der Waals surface area (Å²) >= 11 is 1.42. The molecule has 0 spiro atoms. The van der Waals surface area contributed by atoms with Crippen LogP contribution in [0.25, 0.3) is 10.9 Å². The lowest BCUT2D eigenvalue weighted by atomic mass is 9.95. The SMILES string of the molecule is Cc1ccc2c(N(C(=O)C3CCNCC3)c3cccs3)c(C#N)c(=O)[nH]c2c1. The van der Waals surface area contributed by atoms with Gasteiger partial charge < -0.3 is 10.3 Å². The van der Waals surface area contributed by atoms with Gasteiger partial charge in [0.05, 0.1) is 11.2 Å². The molecule has 6 nitrogen and oxygen atoms in total. The Labute approximate surface area is 166 Å². The fourth-order valence-corrected chi connectivity index (χ4v) is 4.45. The number of hydrogen-bond acceptors (Lipinski definition) is 5. The van der Waals surface area contributed by atoms with E-state index in [0.717, 1.165) is 31.5 Å². The number of aryl methyl sites for hydroxylation is 1. The number of nitrogens with zero attached hydrogens (tertiary/aromatic N) is 2. The number of hydrogen-bond donors (Lipinski definition) is 2.